The third kappa shape index (κ3) is 2.76. The van der Waals surface area contributed by atoms with Gasteiger partial charge in [0.25, 0.3) is 0 Å². The van der Waals surface area contributed by atoms with Gasteiger partial charge < -0.3 is 14.3 Å². The Morgan fingerprint density at radius 3 is 2.80 bits per heavy atom. The Kier molecular flexibility index (Phi) is 3.93. The monoisotopic (exact) mass is 132 g/mol. The van der Waals surface area contributed by atoms with Gasteiger partial charge >= 0.3 is 18.9 Å². The molecule has 3 nitrogen and oxygen atoms in total. The summed E-state index contributed by atoms with van der Waals surface area (Å²) in [6.07, 6.45) is 1.28. The summed E-state index contributed by atoms with van der Waals surface area (Å²) in [7, 11) is 0. The summed E-state index contributed by atoms with van der Waals surface area (Å²) >= 11 is 0. The summed E-state index contributed by atoms with van der Waals surface area (Å²) in [6, 6.07) is 3.23. The molecule has 0 aliphatic carbocycles. The molecule has 1 aromatic rings. The molecule has 1 heterocycles. The van der Waals surface area contributed by atoms with E-state index in [0.29, 0.717) is 5.76 Å². The summed E-state index contributed by atoms with van der Waals surface area (Å²) in [4.78, 5) is 9.90. The number of hydrogen-bond acceptors (Lipinski definition) is 3. The molecule has 0 saturated carbocycles. The van der Waals surface area contributed by atoms with E-state index in [1.807, 2.05) is 0 Å². The fraction of sp³-hybridized carbons (Fsp3) is 0.167. The van der Waals surface area contributed by atoms with Crippen LogP contribution in [0.25, 0.3) is 0 Å². The van der Waals surface area contributed by atoms with E-state index in [4.69, 9.17) is 4.42 Å². The van der Waals surface area contributed by atoms with Crippen molar-refractivity contribution in [2.75, 3.05) is 0 Å². The van der Waals surface area contributed by atoms with Gasteiger partial charge in [0.1, 0.15) is 5.76 Å². The van der Waals surface area contributed by atoms with Gasteiger partial charge in [0, 0.05) is 12.4 Å². The molecule has 0 aliphatic heterocycles. The van der Waals surface area contributed by atoms with Crippen LogP contribution in [-0.2, 0) is 11.2 Å². The van der Waals surface area contributed by atoms with Gasteiger partial charge in [0.2, 0.25) is 0 Å². The summed E-state index contributed by atoms with van der Waals surface area (Å²) < 4.78 is 4.72. The number of carboxylic acids is 1. The second kappa shape index (κ2) is 4.21. The van der Waals surface area contributed by atoms with Gasteiger partial charge in [0.15, 0.2) is 0 Å². The van der Waals surface area contributed by atoms with E-state index in [0.717, 1.165) is 0 Å². The van der Waals surface area contributed by atoms with Crippen LogP contribution in [0.2, 0.25) is 0 Å². The maximum atomic E-state index is 9.90. The van der Waals surface area contributed by atoms with Crippen molar-refractivity contribution in [3.8, 4) is 0 Å². The van der Waals surface area contributed by atoms with Crippen LogP contribution in [0.4, 0.5) is 0 Å². The molecular weight excluding hydrogens is 127 g/mol. The molecule has 0 unspecified atom stereocenters. The van der Waals surface area contributed by atoms with Crippen molar-refractivity contribution in [3.05, 3.63) is 24.2 Å². The van der Waals surface area contributed by atoms with E-state index in [1.54, 1.807) is 12.1 Å². The first kappa shape index (κ1) is 9.35. The van der Waals surface area contributed by atoms with Gasteiger partial charge in [-0.2, -0.15) is 0 Å². The molecule has 1 aromatic heterocycles. The quantitative estimate of drug-likeness (QED) is 0.394. The molecule has 1 rings (SSSR count). The zero-order valence-corrected chi connectivity index (χ0v) is 5.66. The number of hydrogen-bond donors (Lipinski definition) is 0. The minimum Gasteiger partial charge on any atom is -0.550 e. The number of furan rings is 1. The second-order valence-electron chi connectivity index (χ2n) is 1.63. The molecule has 48 valence electrons. The van der Waals surface area contributed by atoms with Crippen LogP contribution in [0, 0.1) is 0 Å². The Labute approximate surface area is 70.2 Å². The third-order valence-corrected chi connectivity index (χ3v) is 0.899. The van der Waals surface area contributed by atoms with Crippen LogP contribution in [0.15, 0.2) is 22.8 Å². The molecule has 0 atom stereocenters. The van der Waals surface area contributed by atoms with Crippen molar-refractivity contribution in [1.82, 2.24) is 0 Å². The molecule has 0 N–H and O–H groups in total. The van der Waals surface area contributed by atoms with E-state index in [-0.39, 0.29) is 25.3 Å². The molecule has 0 spiro atoms. The van der Waals surface area contributed by atoms with Crippen molar-refractivity contribution in [1.29, 1.82) is 0 Å². The van der Waals surface area contributed by atoms with Crippen LogP contribution >= 0.6 is 0 Å². The van der Waals surface area contributed by atoms with Crippen LogP contribution in [0.5, 0.6) is 0 Å². The maximum absolute atomic E-state index is 9.90. The average molecular weight is 132 g/mol. The molecule has 4 heteroatoms. The summed E-state index contributed by atoms with van der Waals surface area (Å²) in [5.74, 6) is -0.694. The van der Waals surface area contributed by atoms with Crippen LogP contribution in [0.3, 0.4) is 0 Å². The SMILES string of the molecule is O=C([O-])Cc1ccco1.[Li+]. The Morgan fingerprint density at radius 2 is 2.40 bits per heavy atom. The molecule has 0 fully saturated rings. The minimum atomic E-state index is -1.12. The Morgan fingerprint density at radius 1 is 1.70 bits per heavy atom. The predicted octanol–water partition coefficient (Wildman–Crippen LogP) is -3.42. The number of carboxylic acid groups (broad SMARTS) is 1. The van der Waals surface area contributed by atoms with Gasteiger partial charge in [-0.15, -0.1) is 0 Å². The Bertz CT molecular complexity index is 193. The first-order valence-corrected chi connectivity index (χ1v) is 2.51. The molecule has 0 aliphatic rings. The van der Waals surface area contributed by atoms with Gasteiger partial charge in [-0.05, 0) is 12.1 Å². The Hall–Kier alpha value is -0.653. The van der Waals surface area contributed by atoms with Crippen molar-refractivity contribution in [3.63, 3.8) is 0 Å². The zero-order chi connectivity index (χ0) is 6.69. The van der Waals surface area contributed by atoms with Crippen LogP contribution in [-0.4, -0.2) is 5.97 Å². The fourth-order valence-electron chi connectivity index (χ4n) is 0.555. The topological polar surface area (TPSA) is 53.3 Å². The third-order valence-electron chi connectivity index (χ3n) is 0.899. The molecule has 0 aromatic carbocycles. The van der Waals surface area contributed by atoms with Gasteiger partial charge in [0.05, 0.1) is 6.26 Å². The van der Waals surface area contributed by atoms with Crippen molar-refractivity contribution in [2.45, 2.75) is 6.42 Å². The first-order chi connectivity index (χ1) is 4.29. The average Bonchev–Trinajstić information content (AvgIpc) is 2.15. The molecule has 10 heavy (non-hydrogen) atoms. The second-order valence-corrected chi connectivity index (χ2v) is 1.63. The number of aliphatic carboxylic acids is 1. The van der Waals surface area contributed by atoms with Gasteiger partial charge in [-0.3, -0.25) is 0 Å². The molecule has 0 saturated heterocycles. The molecular formula is C6H5LiO3. The summed E-state index contributed by atoms with van der Waals surface area (Å²) in [5.41, 5.74) is 0. The maximum Gasteiger partial charge on any atom is 1.00 e. The smallest absolute Gasteiger partial charge is 0.550 e. The van der Waals surface area contributed by atoms with E-state index in [1.165, 1.54) is 6.26 Å². The minimum absolute atomic E-state index is 0. The number of carbonyl (C=O) groups excluding carboxylic acids is 1. The first-order valence-electron chi connectivity index (χ1n) is 2.51. The number of rotatable bonds is 2. The van der Waals surface area contributed by atoms with E-state index >= 15 is 0 Å². The van der Waals surface area contributed by atoms with Crippen LogP contribution < -0.4 is 24.0 Å². The molecule has 0 amide bonds. The van der Waals surface area contributed by atoms with E-state index in [2.05, 4.69) is 0 Å². The largest absolute Gasteiger partial charge is 1.00 e. The Balaban J connectivity index is 0.000000810. The molecule has 0 bridgehead atoms. The zero-order valence-electron chi connectivity index (χ0n) is 5.66. The normalized spacial score (nSPS) is 8.40. The summed E-state index contributed by atoms with van der Waals surface area (Å²) in [6.45, 7) is 0. The number of carbonyl (C=O) groups is 1. The van der Waals surface area contributed by atoms with Crippen molar-refractivity contribution in [2.24, 2.45) is 0 Å². The van der Waals surface area contributed by atoms with Crippen LogP contribution in [0.1, 0.15) is 5.76 Å². The van der Waals surface area contributed by atoms with Gasteiger partial charge in [-0.1, -0.05) is 0 Å². The van der Waals surface area contributed by atoms with Crippen molar-refractivity contribution >= 4 is 5.97 Å². The fourth-order valence-corrected chi connectivity index (χ4v) is 0.555. The van der Waals surface area contributed by atoms with Crippen molar-refractivity contribution < 1.29 is 33.2 Å². The standard InChI is InChI=1S/C6H6O3.Li/c7-6(8)4-5-2-1-3-9-5;/h1-3H,4H2,(H,7,8);/q;+1/p-1. The summed E-state index contributed by atoms with van der Waals surface area (Å²) in [5, 5.41) is 9.90. The molecule has 0 radical (unpaired) electrons. The predicted molar refractivity (Wildman–Crippen MR) is 27.4 cm³/mol. The van der Waals surface area contributed by atoms with Gasteiger partial charge in [-0.25, -0.2) is 0 Å². The van der Waals surface area contributed by atoms with E-state index < -0.39 is 5.97 Å². The van der Waals surface area contributed by atoms with E-state index in [9.17, 15) is 9.90 Å².